The Balaban J connectivity index is 2.14. The Bertz CT molecular complexity index is 498. The molecule has 19 heavy (non-hydrogen) atoms. The highest BCUT2D eigenvalue weighted by molar-refractivity contribution is 9.10. The van der Waals surface area contributed by atoms with Crippen molar-refractivity contribution in [2.45, 2.75) is 31.4 Å². The van der Waals surface area contributed by atoms with E-state index < -0.39 is 0 Å². The maximum Gasteiger partial charge on any atom is 0.161 e. The smallest absolute Gasteiger partial charge is 0.161 e. The number of halogens is 2. The highest BCUT2D eigenvalue weighted by Crippen LogP contribution is 2.30. The van der Waals surface area contributed by atoms with Crippen LogP contribution in [0, 0.1) is 5.82 Å². The predicted molar refractivity (Wildman–Crippen MR) is 82.0 cm³/mol. The lowest BCUT2D eigenvalue weighted by Crippen LogP contribution is -2.19. The van der Waals surface area contributed by atoms with Crippen molar-refractivity contribution in [2.75, 3.05) is 12.4 Å². The van der Waals surface area contributed by atoms with Crippen molar-refractivity contribution in [3.63, 3.8) is 0 Å². The summed E-state index contributed by atoms with van der Waals surface area (Å²) in [6.07, 6.45) is 3.14. The van der Waals surface area contributed by atoms with Gasteiger partial charge in [0, 0.05) is 18.7 Å². The van der Waals surface area contributed by atoms with E-state index in [0.29, 0.717) is 15.7 Å². The van der Waals surface area contributed by atoms with Gasteiger partial charge in [0.25, 0.3) is 0 Å². The van der Waals surface area contributed by atoms with Gasteiger partial charge in [-0.15, -0.1) is 0 Å². The minimum absolute atomic E-state index is 0.178. The van der Waals surface area contributed by atoms with Gasteiger partial charge < -0.3 is 15.8 Å². The summed E-state index contributed by atoms with van der Waals surface area (Å²) in [6, 6.07) is 3.64. The Morgan fingerprint density at radius 3 is 2.84 bits per heavy atom. The average Bonchev–Trinajstić information content (AvgIpc) is 2.82. The molecule has 0 bridgehead atoms. The Hall–Kier alpha value is -0.720. The average molecular weight is 347 g/mol. The van der Waals surface area contributed by atoms with E-state index in [1.807, 2.05) is 0 Å². The molecule has 6 heteroatoms. The van der Waals surface area contributed by atoms with Crippen molar-refractivity contribution in [1.29, 1.82) is 0 Å². The SMILES string of the molecule is COC1CCC(Nc2ccc(C(N)=S)c(Br)c2F)C1. The molecule has 1 aliphatic rings. The van der Waals surface area contributed by atoms with E-state index in [9.17, 15) is 4.39 Å². The van der Waals surface area contributed by atoms with Crippen LogP contribution < -0.4 is 11.1 Å². The second kappa shape index (κ2) is 6.15. The van der Waals surface area contributed by atoms with Crippen molar-refractivity contribution >= 4 is 38.8 Å². The number of nitrogens with two attached hydrogens (primary N) is 1. The van der Waals surface area contributed by atoms with Crippen LogP contribution in [0.5, 0.6) is 0 Å². The van der Waals surface area contributed by atoms with Crippen molar-refractivity contribution in [3.8, 4) is 0 Å². The summed E-state index contributed by atoms with van der Waals surface area (Å²) in [5.41, 5.74) is 6.51. The Morgan fingerprint density at radius 1 is 1.53 bits per heavy atom. The van der Waals surface area contributed by atoms with Crippen LogP contribution in [-0.2, 0) is 4.74 Å². The third kappa shape index (κ3) is 3.24. The fourth-order valence-corrected chi connectivity index (χ4v) is 3.22. The summed E-state index contributed by atoms with van der Waals surface area (Å²) < 4.78 is 19.8. The predicted octanol–water partition coefficient (Wildman–Crippen LogP) is 3.20. The second-order valence-electron chi connectivity index (χ2n) is 4.66. The molecule has 1 fully saturated rings. The van der Waals surface area contributed by atoms with Gasteiger partial charge in [0.1, 0.15) is 4.99 Å². The van der Waals surface area contributed by atoms with Gasteiger partial charge in [0.2, 0.25) is 0 Å². The summed E-state index contributed by atoms with van der Waals surface area (Å²) >= 11 is 8.07. The van der Waals surface area contributed by atoms with E-state index in [1.165, 1.54) is 0 Å². The molecule has 0 amide bonds. The number of rotatable bonds is 4. The molecule has 1 aromatic rings. The van der Waals surface area contributed by atoms with Crippen molar-refractivity contribution in [1.82, 2.24) is 0 Å². The van der Waals surface area contributed by atoms with Gasteiger partial charge >= 0.3 is 0 Å². The number of thiocarbonyl (C=S) groups is 1. The molecule has 0 heterocycles. The molecule has 1 saturated carbocycles. The normalized spacial score (nSPS) is 22.5. The van der Waals surface area contributed by atoms with E-state index in [2.05, 4.69) is 21.2 Å². The van der Waals surface area contributed by atoms with Crippen LogP contribution in [0.25, 0.3) is 0 Å². The number of anilines is 1. The summed E-state index contributed by atoms with van der Waals surface area (Å²) in [5, 5.41) is 3.21. The number of hydrogen-bond acceptors (Lipinski definition) is 3. The zero-order chi connectivity index (χ0) is 14.0. The van der Waals surface area contributed by atoms with Crippen LogP contribution in [0.4, 0.5) is 10.1 Å². The van der Waals surface area contributed by atoms with Crippen LogP contribution in [0.15, 0.2) is 16.6 Å². The lowest BCUT2D eigenvalue weighted by Gasteiger charge is -2.16. The molecule has 1 aliphatic carbocycles. The maximum atomic E-state index is 14.2. The van der Waals surface area contributed by atoms with E-state index in [4.69, 9.17) is 22.7 Å². The number of benzene rings is 1. The first kappa shape index (κ1) is 14.7. The van der Waals surface area contributed by atoms with Gasteiger partial charge in [0.05, 0.1) is 16.3 Å². The summed E-state index contributed by atoms with van der Waals surface area (Å²) in [4.78, 5) is 0.178. The van der Waals surface area contributed by atoms with E-state index in [-0.39, 0.29) is 23.0 Å². The molecule has 2 unspecified atom stereocenters. The van der Waals surface area contributed by atoms with E-state index >= 15 is 0 Å². The van der Waals surface area contributed by atoms with Crippen molar-refractivity contribution in [2.24, 2.45) is 5.73 Å². The monoisotopic (exact) mass is 346 g/mol. The van der Waals surface area contributed by atoms with Crippen LogP contribution in [-0.4, -0.2) is 24.2 Å². The molecule has 2 atom stereocenters. The lowest BCUT2D eigenvalue weighted by atomic mass is 10.1. The molecular weight excluding hydrogens is 331 g/mol. The first-order valence-electron chi connectivity index (χ1n) is 6.10. The quantitative estimate of drug-likeness (QED) is 0.822. The number of hydrogen-bond donors (Lipinski definition) is 2. The molecule has 0 saturated heterocycles. The van der Waals surface area contributed by atoms with Gasteiger partial charge in [0.15, 0.2) is 5.82 Å². The molecule has 104 valence electrons. The number of ether oxygens (including phenoxy) is 1. The summed E-state index contributed by atoms with van der Waals surface area (Å²) in [5.74, 6) is -0.355. The van der Waals surface area contributed by atoms with Gasteiger partial charge in [-0.2, -0.15) is 0 Å². The zero-order valence-electron chi connectivity index (χ0n) is 10.6. The minimum Gasteiger partial charge on any atom is -0.389 e. The molecule has 0 radical (unpaired) electrons. The van der Waals surface area contributed by atoms with Crippen LogP contribution in [0.2, 0.25) is 0 Å². The van der Waals surface area contributed by atoms with Crippen molar-refractivity contribution < 1.29 is 9.13 Å². The fraction of sp³-hybridized carbons (Fsp3) is 0.462. The van der Waals surface area contributed by atoms with Crippen LogP contribution in [0.3, 0.4) is 0 Å². The zero-order valence-corrected chi connectivity index (χ0v) is 13.0. The van der Waals surface area contributed by atoms with Crippen LogP contribution >= 0.6 is 28.1 Å². The molecule has 2 rings (SSSR count). The van der Waals surface area contributed by atoms with E-state index in [0.717, 1.165) is 19.3 Å². The molecule has 1 aromatic carbocycles. The maximum absolute atomic E-state index is 14.2. The van der Waals surface area contributed by atoms with Gasteiger partial charge in [-0.3, -0.25) is 0 Å². The summed E-state index contributed by atoms with van der Waals surface area (Å²) in [7, 11) is 1.71. The lowest BCUT2D eigenvalue weighted by molar-refractivity contribution is 0.108. The molecular formula is C13H16BrFN2OS. The number of methoxy groups -OCH3 is 1. The Labute approximate surface area is 125 Å². The first-order chi connectivity index (χ1) is 9.02. The largest absolute Gasteiger partial charge is 0.389 e. The second-order valence-corrected chi connectivity index (χ2v) is 5.90. The Kier molecular flexibility index (Phi) is 4.76. The molecule has 0 spiro atoms. The van der Waals surface area contributed by atoms with E-state index in [1.54, 1.807) is 19.2 Å². The highest BCUT2D eigenvalue weighted by Gasteiger charge is 2.25. The van der Waals surface area contributed by atoms with Gasteiger partial charge in [-0.25, -0.2) is 4.39 Å². The molecule has 0 aliphatic heterocycles. The topological polar surface area (TPSA) is 47.3 Å². The third-order valence-electron chi connectivity index (χ3n) is 3.43. The van der Waals surface area contributed by atoms with Crippen LogP contribution in [0.1, 0.15) is 24.8 Å². The summed E-state index contributed by atoms with van der Waals surface area (Å²) in [6.45, 7) is 0. The molecule has 3 nitrogen and oxygen atoms in total. The Morgan fingerprint density at radius 2 is 2.26 bits per heavy atom. The third-order valence-corrected chi connectivity index (χ3v) is 4.42. The fourth-order valence-electron chi connectivity index (χ4n) is 2.36. The molecule has 0 aromatic heterocycles. The van der Waals surface area contributed by atoms with Gasteiger partial charge in [-0.05, 0) is 47.3 Å². The number of nitrogens with one attached hydrogen (secondary N) is 1. The molecule has 3 N–H and O–H groups in total. The van der Waals surface area contributed by atoms with Crippen molar-refractivity contribution in [3.05, 3.63) is 28.0 Å². The first-order valence-corrected chi connectivity index (χ1v) is 7.30. The highest BCUT2D eigenvalue weighted by atomic mass is 79.9. The standard InChI is InChI=1S/C13H16BrFN2OS/c1-18-8-3-2-7(6-8)17-10-5-4-9(13(16)19)11(14)12(10)15/h4-5,7-8,17H,2-3,6H2,1H3,(H2,16,19). The minimum atomic E-state index is -0.355. The van der Waals surface area contributed by atoms with Gasteiger partial charge in [-0.1, -0.05) is 12.2 Å².